The third-order valence-electron chi connectivity index (χ3n) is 6.49. The van der Waals surface area contributed by atoms with Crippen molar-refractivity contribution in [1.29, 1.82) is 0 Å². The van der Waals surface area contributed by atoms with Gasteiger partial charge in [0.25, 0.3) is 11.8 Å². The Bertz CT molecular complexity index is 981. The number of halogens is 1. The minimum Gasteiger partial charge on any atom is -0.491 e. The van der Waals surface area contributed by atoms with Gasteiger partial charge < -0.3 is 19.3 Å². The minimum absolute atomic E-state index is 0.0981. The number of morpholine rings is 1. The Kier molecular flexibility index (Phi) is 7.28. The Morgan fingerprint density at radius 1 is 1.06 bits per heavy atom. The number of amides is 2. The molecular formula is C26H31FN2O4. The topological polar surface area (TPSA) is 59.1 Å². The fourth-order valence-electron chi connectivity index (χ4n) is 4.65. The molecule has 2 aromatic carbocycles. The van der Waals surface area contributed by atoms with E-state index >= 15 is 0 Å². The summed E-state index contributed by atoms with van der Waals surface area (Å²) in [6, 6.07) is 13.6. The molecule has 2 amide bonds. The first-order valence-electron chi connectivity index (χ1n) is 11.7. The maximum absolute atomic E-state index is 13.7. The molecular weight excluding hydrogens is 423 g/mol. The lowest BCUT2D eigenvalue weighted by atomic mass is 9.90. The molecule has 33 heavy (non-hydrogen) atoms. The van der Waals surface area contributed by atoms with Crippen LogP contribution in [0.3, 0.4) is 0 Å². The van der Waals surface area contributed by atoms with Gasteiger partial charge in [0, 0.05) is 18.7 Å². The van der Waals surface area contributed by atoms with E-state index in [1.165, 1.54) is 29.8 Å². The SMILES string of the molecule is CCN1CCOc2ccccc2CCCCC2(CN(C(=O)c3ccc(F)cc3)CCO2)C1=O. The summed E-state index contributed by atoms with van der Waals surface area (Å²) in [6.45, 7) is 4.18. The maximum Gasteiger partial charge on any atom is 0.256 e. The fraction of sp³-hybridized carbons (Fsp3) is 0.462. The number of likely N-dealkylation sites (N-methyl/N-ethyl adjacent to an activating group) is 1. The number of rotatable bonds is 2. The first-order valence-corrected chi connectivity index (χ1v) is 11.7. The fourth-order valence-corrected chi connectivity index (χ4v) is 4.65. The molecule has 2 aliphatic rings. The van der Waals surface area contributed by atoms with Crippen molar-refractivity contribution in [3.63, 3.8) is 0 Å². The number of benzene rings is 2. The highest BCUT2D eigenvalue weighted by molar-refractivity contribution is 5.95. The van der Waals surface area contributed by atoms with Crippen molar-refractivity contribution in [2.24, 2.45) is 0 Å². The average molecular weight is 455 g/mol. The average Bonchev–Trinajstić information content (AvgIpc) is 2.84. The standard InChI is InChI=1S/C26H31FN2O4/c1-2-28-15-17-32-23-9-4-3-7-20(23)8-5-6-14-26(25(28)31)19-29(16-18-33-26)24(30)21-10-12-22(27)13-11-21/h3-4,7,9-13H,2,5-6,8,14-19H2,1H3. The number of nitrogens with zero attached hydrogens (tertiary/aromatic N) is 2. The molecule has 0 aromatic heterocycles. The first-order chi connectivity index (χ1) is 16.0. The van der Waals surface area contributed by atoms with Crippen LogP contribution in [0.2, 0.25) is 0 Å². The molecule has 6 nitrogen and oxygen atoms in total. The number of aryl methyl sites for hydroxylation is 1. The first kappa shape index (κ1) is 23.2. The van der Waals surface area contributed by atoms with Crippen LogP contribution in [-0.2, 0) is 16.0 Å². The van der Waals surface area contributed by atoms with Gasteiger partial charge >= 0.3 is 0 Å². The van der Waals surface area contributed by atoms with E-state index in [-0.39, 0.29) is 30.8 Å². The Hall–Kier alpha value is -2.93. The molecule has 0 radical (unpaired) electrons. The molecule has 2 aliphatic heterocycles. The van der Waals surface area contributed by atoms with Crippen molar-refractivity contribution in [1.82, 2.24) is 9.80 Å². The molecule has 1 spiro atoms. The van der Waals surface area contributed by atoms with Gasteiger partial charge in [-0.05, 0) is 68.5 Å². The highest BCUT2D eigenvalue weighted by Crippen LogP contribution is 2.30. The quantitative estimate of drug-likeness (QED) is 0.695. The van der Waals surface area contributed by atoms with E-state index in [1.807, 2.05) is 25.1 Å². The van der Waals surface area contributed by atoms with Crippen LogP contribution in [0.4, 0.5) is 4.39 Å². The molecule has 7 heteroatoms. The lowest BCUT2D eigenvalue weighted by Crippen LogP contribution is -2.62. The van der Waals surface area contributed by atoms with Crippen molar-refractivity contribution in [3.05, 3.63) is 65.5 Å². The lowest BCUT2D eigenvalue weighted by Gasteiger charge is -2.44. The maximum atomic E-state index is 13.7. The molecule has 176 valence electrons. The van der Waals surface area contributed by atoms with Crippen molar-refractivity contribution >= 4 is 11.8 Å². The smallest absolute Gasteiger partial charge is 0.256 e. The Morgan fingerprint density at radius 2 is 1.85 bits per heavy atom. The highest BCUT2D eigenvalue weighted by atomic mass is 19.1. The largest absolute Gasteiger partial charge is 0.491 e. The number of para-hydroxylation sites is 1. The summed E-state index contributed by atoms with van der Waals surface area (Å²) in [5.41, 5.74) is 0.494. The summed E-state index contributed by atoms with van der Waals surface area (Å²) >= 11 is 0. The van der Waals surface area contributed by atoms with E-state index in [0.29, 0.717) is 38.2 Å². The zero-order chi connectivity index (χ0) is 23.3. The summed E-state index contributed by atoms with van der Waals surface area (Å²) < 4.78 is 25.5. The second kappa shape index (κ2) is 10.3. The molecule has 0 saturated carbocycles. The summed E-state index contributed by atoms with van der Waals surface area (Å²) in [4.78, 5) is 30.3. The van der Waals surface area contributed by atoms with Crippen LogP contribution in [-0.4, -0.2) is 66.6 Å². The normalized spacial score (nSPS) is 22.2. The molecule has 0 N–H and O–H groups in total. The van der Waals surface area contributed by atoms with Gasteiger partial charge in [-0.1, -0.05) is 18.2 Å². The number of fused-ring (bicyclic) bond motifs is 1. The molecule has 1 saturated heterocycles. The third kappa shape index (κ3) is 5.19. The summed E-state index contributed by atoms with van der Waals surface area (Å²) in [5, 5.41) is 0. The van der Waals surface area contributed by atoms with Crippen molar-refractivity contribution in [2.45, 2.75) is 38.2 Å². The number of carbonyl (C=O) groups excluding carboxylic acids is 2. The molecule has 0 aliphatic carbocycles. The van der Waals surface area contributed by atoms with Gasteiger partial charge in [-0.2, -0.15) is 0 Å². The van der Waals surface area contributed by atoms with Crippen LogP contribution in [0.25, 0.3) is 0 Å². The number of hydrogen-bond donors (Lipinski definition) is 0. The highest BCUT2D eigenvalue weighted by Gasteiger charge is 2.46. The Morgan fingerprint density at radius 3 is 2.64 bits per heavy atom. The van der Waals surface area contributed by atoms with Crippen LogP contribution in [0, 0.1) is 5.82 Å². The van der Waals surface area contributed by atoms with Gasteiger partial charge in [0.15, 0.2) is 5.60 Å². The predicted octanol–water partition coefficient (Wildman–Crippen LogP) is 3.69. The second-order valence-electron chi connectivity index (χ2n) is 8.62. The van der Waals surface area contributed by atoms with Gasteiger partial charge in [-0.25, -0.2) is 4.39 Å². The van der Waals surface area contributed by atoms with E-state index in [0.717, 1.165) is 25.0 Å². The van der Waals surface area contributed by atoms with E-state index in [9.17, 15) is 14.0 Å². The zero-order valence-electron chi connectivity index (χ0n) is 19.1. The third-order valence-corrected chi connectivity index (χ3v) is 6.49. The van der Waals surface area contributed by atoms with Crippen molar-refractivity contribution in [2.75, 3.05) is 39.4 Å². The molecule has 1 unspecified atom stereocenters. The van der Waals surface area contributed by atoms with E-state index in [4.69, 9.17) is 9.47 Å². The molecule has 4 rings (SSSR count). The number of carbonyl (C=O) groups is 2. The number of ether oxygens (including phenoxy) is 2. The lowest BCUT2D eigenvalue weighted by molar-refractivity contribution is -0.170. The minimum atomic E-state index is -1.08. The zero-order valence-corrected chi connectivity index (χ0v) is 19.1. The van der Waals surface area contributed by atoms with Gasteiger partial charge in [0.05, 0.1) is 19.7 Å². The summed E-state index contributed by atoms with van der Waals surface area (Å²) in [6.07, 6.45) is 3.07. The van der Waals surface area contributed by atoms with Crippen LogP contribution >= 0.6 is 0 Å². The summed E-state index contributed by atoms with van der Waals surface area (Å²) in [7, 11) is 0. The van der Waals surface area contributed by atoms with Gasteiger partial charge in [-0.3, -0.25) is 9.59 Å². The molecule has 2 heterocycles. The van der Waals surface area contributed by atoms with Gasteiger partial charge in [-0.15, -0.1) is 0 Å². The second-order valence-corrected chi connectivity index (χ2v) is 8.62. The van der Waals surface area contributed by atoms with E-state index in [1.54, 1.807) is 9.80 Å². The molecule has 2 aromatic rings. The van der Waals surface area contributed by atoms with Crippen LogP contribution in [0.15, 0.2) is 48.5 Å². The molecule has 1 fully saturated rings. The van der Waals surface area contributed by atoms with Crippen LogP contribution in [0.5, 0.6) is 5.75 Å². The van der Waals surface area contributed by atoms with Crippen LogP contribution < -0.4 is 4.74 Å². The van der Waals surface area contributed by atoms with Gasteiger partial charge in [0.1, 0.15) is 18.2 Å². The molecule has 1 atom stereocenters. The Balaban J connectivity index is 1.56. The monoisotopic (exact) mass is 454 g/mol. The Labute approximate surface area is 194 Å². The predicted molar refractivity (Wildman–Crippen MR) is 123 cm³/mol. The summed E-state index contributed by atoms with van der Waals surface area (Å²) in [5.74, 6) is 0.180. The van der Waals surface area contributed by atoms with Crippen molar-refractivity contribution < 1.29 is 23.5 Å². The number of hydrogen-bond acceptors (Lipinski definition) is 4. The van der Waals surface area contributed by atoms with E-state index < -0.39 is 5.60 Å². The van der Waals surface area contributed by atoms with Crippen LogP contribution in [0.1, 0.15) is 42.1 Å². The molecule has 0 bridgehead atoms. The van der Waals surface area contributed by atoms with Gasteiger partial charge in [0.2, 0.25) is 0 Å². The van der Waals surface area contributed by atoms with E-state index in [2.05, 4.69) is 6.07 Å². The van der Waals surface area contributed by atoms with Crippen molar-refractivity contribution in [3.8, 4) is 5.75 Å².